The molecule has 0 aliphatic rings. The van der Waals surface area contributed by atoms with Crippen molar-refractivity contribution in [1.29, 1.82) is 0 Å². The largest absolute Gasteiger partial charge is 0.743 e. The van der Waals surface area contributed by atoms with E-state index >= 15 is 0 Å². The third-order valence-electron chi connectivity index (χ3n) is 6.94. The highest BCUT2D eigenvalue weighted by molar-refractivity contribution is 7.86. The molecule has 4 aromatic carbocycles. The summed E-state index contributed by atoms with van der Waals surface area (Å²) in [7, 11) is -0.739. The van der Waals surface area contributed by atoms with Crippen LogP contribution in [0.2, 0.25) is 0 Å². The van der Waals surface area contributed by atoms with Crippen molar-refractivity contribution in [2.45, 2.75) is 29.1 Å². The van der Waals surface area contributed by atoms with E-state index in [0.717, 1.165) is 33.4 Å². The van der Waals surface area contributed by atoms with Gasteiger partial charge in [-0.1, -0.05) is 18.2 Å². The molecule has 0 N–H and O–H groups in total. The van der Waals surface area contributed by atoms with E-state index in [-0.39, 0.29) is 21.2 Å². The van der Waals surface area contributed by atoms with E-state index in [1.54, 1.807) is 28.4 Å². The summed E-state index contributed by atoms with van der Waals surface area (Å²) in [6.45, 7) is 0. The van der Waals surface area contributed by atoms with Gasteiger partial charge in [-0.15, -0.1) is 0 Å². The van der Waals surface area contributed by atoms with Crippen LogP contribution in [0.3, 0.4) is 0 Å². The molecule has 0 saturated heterocycles. The van der Waals surface area contributed by atoms with Crippen LogP contribution < -0.4 is 30.7 Å². The van der Waals surface area contributed by atoms with E-state index in [1.165, 1.54) is 7.14 Å². The Morgan fingerprint density at radius 1 is 0.633 bits per heavy atom. The minimum atomic E-state index is -7.43. The van der Waals surface area contributed by atoms with Gasteiger partial charge in [-0.2, -0.15) is 39.5 Å². The van der Waals surface area contributed by atoms with Crippen LogP contribution in [-0.4, -0.2) is 64.7 Å². The summed E-state index contributed by atoms with van der Waals surface area (Å²) in [6, 6.07) is 29.0. The molecule has 0 fully saturated rings. The molecule has 7 nitrogen and oxygen atoms in total. The molecular formula is C31H26F9IO7S. The first-order valence-corrected chi connectivity index (χ1v) is 16.9. The van der Waals surface area contributed by atoms with Crippen molar-refractivity contribution in [2.75, 3.05) is 28.4 Å². The highest BCUT2D eigenvalue weighted by Crippen LogP contribution is 2.54. The maximum absolute atomic E-state index is 12.2. The number of methoxy groups -OCH3 is 4. The van der Waals surface area contributed by atoms with Crippen LogP contribution in [-0.2, 0) is 25.4 Å². The van der Waals surface area contributed by atoms with Gasteiger partial charge in [-0.05, 0) is 72.1 Å². The zero-order valence-corrected chi connectivity index (χ0v) is 28.6. The summed E-state index contributed by atoms with van der Waals surface area (Å²) in [5, 5.41) is -5.19. The fraction of sp³-hybridized carbons (Fsp3) is 0.290. The first-order chi connectivity index (χ1) is 22.6. The number of alkyl halides is 9. The normalized spacial score (nSPS) is 13.1. The monoisotopic (exact) mass is 840 g/mol. The number of hydrogen-bond acceptors (Lipinski definition) is 7. The number of fused-ring (bicyclic) bond motifs is 1. The van der Waals surface area contributed by atoms with Crippen LogP contribution in [0.25, 0.3) is 10.8 Å². The Balaban J connectivity index is 0.000000326. The molecular weight excluding hydrogens is 814 g/mol. The number of ether oxygens (including phenoxy) is 4. The Kier molecular flexibility index (Phi) is 12.2. The maximum Gasteiger partial charge on any atom is 0.460 e. The molecule has 0 aromatic heterocycles. The Hall–Kier alpha value is -3.33. The first kappa shape index (κ1) is 40.1. The topological polar surface area (TPSA) is 94.1 Å². The molecule has 0 amide bonds. The molecule has 0 aliphatic heterocycles. The van der Waals surface area contributed by atoms with Crippen molar-refractivity contribution in [2.24, 2.45) is 0 Å². The summed E-state index contributed by atoms with van der Waals surface area (Å²) in [5.41, 5.74) is 1.82. The van der Waals surface area contributed by atoms with Crippen LogP contribution in [0.4, 0.5) is 39.5 Å². The zero-order chi connectivity index (χ0) is 37.1. The van der Waals surface area contributed by atoms with Gasteiger partial charge < -0.3 is 23.5 Å². The predicted molar refractivity (Wildman–Crippen MR) is 153 cm³/mol. The Labute approximate surface area is 284 Å². The molecule has 0 saturated carbocycles. The van der Waals surface area contributed by atoms with Gasteiger partial charge in [0.15, 0.2) is 17.3 Å². The highest BCUT2D eigenvalue weighted by atomic mass is 127. The molecule has 0 bridgehead atoms. The molecule has 0 heterocycles. The van der Waals surface area contributed by atoms with Gasteiger partial charge >= 0.3 is 44.5 Å². The third kappa shape index (κ3) is 7.72. The van der Waals surface area contributed by atoms with Gasteiger partial charge in [-0.25, -0.2) is 8.42 Å². The Morgan fingerprint density at radius 3 is 1.65 bits per heavy atom. The number of rotatable bonds is 11. The van der Waals surface area contributed by atoms with Crippen LogP contribution >= 0.6 is 0 Å². The SMILES string of the molecule is COc1ccc2c(OC)ccc(C(OC)(OC)c3ccc([I+]c4ccccc4)cc3)c2c1.O=S(=O)([O-])C(F)(F)C(F)(F)C(F)(F)C(F)(F)F. The smallest absolute Gasteiger partial charge is 0.460 e. The van der Waals surface area contributed by atoms with Crippen LogP contribution in [0, 0.1) is 7.14 Å². The lowest BCUT2D eigenvalue weighted by molar-refractivity contribution is -0.597. The summed E-state index contributed by atoms with van der Waals surface area (Å²) in [6.07, 6.45) is -7.16. The van der Waals surface area contributed by atoms with E-state index in [4.69, 9.17) is 18.9 Å². The van der Waals surface area contributed by atoms with E-state index < -0.39 is 39.2 Å². The minimum Gasteiger partial charge on any atom is -0.743 e. The van der Waals surface area contributed by atoms with Crippen LogP contribution in [0.1, 0.15) is 11.1 Å². The van der Waals surface area contributed by atoms with Crippen molar-refractivity contribution in [1.82, 2.24) is 0 Å². The second-order valence-corrected chi connectivity index (χ2v) is 14.2. The highest BCUT2D eigenvalue weighted by Gasteiger charge is 2.83. The lowest BCUT2D eigenvalue weighted by atomic mass is 9.91. The van der Waals surface area contributed by atoms with Crippen molar-refractivity contribution >= 4 is 20.9 Å². The van der Waals surface area contributed by atoms with Gasteiger partial charge in [0.2, 0.25) is 5.79 Å². The van der Waals surface area contributed by atoms with Gasteiger partial charge in [0.1, 0.15) is 11.5 Å². The van der Waals surface area contributed by atoms with Crippen LogP contribution in [0.5, 0.6) is 11.5 Å². The van der Waals surface area contributed by atoms with E-state index in [9.17, 15) is 52.5 Å². The Morgan fingerprint density at radius 2 is 1.18 bits per heavy atom. The molecule has 0 unspecified atom stereocenters. The second-order valence-electron chi connectivity index (χ2n) is 9.77. The van der Waals surface area contributed by atoms with Gasteiger partial charge in [0, 0.05) is 30.7 Å². The molecule has 18 heteroatoms. The van der Waals surface area contributed by atoms with Crippen LogP contribution in [0.15, 0.2) is 84.9 Å². The number of halogens is 10. The maximum atomic E-state index is 12.2. The van der Waals surface area contributed by atoms with Crippen molar-refractivity contribution in [3.63, 3.8) is 0 Å². The lowest BCUT2D eigenvalue weighted by Gasteiger charge is -2.34. The van der Waals surface area contributed by atoms with Crippen molar-refractivity contribution in [3.8, 4) is 11.5 Å². The van der Waals surface area contributed by atoms with E-state index in [0.29, 0.717) is 0 Å². The fourth-order valence-corrected chi connectivity index (χ4v) is 7.10. The molecule has 0 atom stereocenters. The van der Waals surface area contributed by atoms with Crippen molar-refractivity contribution < 1.29 is 92.6 Å². The van der Waals surface area contributed by atoms with Gasteiger partial charge in [-0.3, -0.25) is 0 Å². The summed E-state index contributed by atoms with van der Waals surface area (Å²) in [5.74, 6) is -14.3. The average molecular weight is 840 g/mol. The zero-order valence-electron chi connectivity index (χ0n) is 25.6. The standard InChI is InChI=1S/C27H26IO4.C4HF9O3S/c1-29-22-14-15-23-24(18-22)25(16-17-26(23)30-2)27(31-3,32-4)19-10-12-21(13-11-19)28-20-8-6-5-7-9-20;5-1(6,3(9,10)11)2(7,8)4(12,13)17(14,15)16/h5-18H,1-4H3;(H,14,15,16)/q+1;/p-1. The molecule has 4 rings (SSSR count). The molecule has 268 valence electrons. The lowest BCUT2D eigenvalue weighted by Crippen LogP contribution is -3.61. The quantitative estimate of drug-likeness (QED) is 0.0956. The second kappa shape index (κ2) is 14.9. The van der Waals surface area contributed by atoms with Gasteiger partial charge in [0.25, 0.3) is 0 Å². The Bertz CT molecular complexity index is 1830. The van der Waals surface area contributed by atoms with E-state index in [2.05, 4.69) is 54.6 Å². The van der Waals surface area contributed by atoms with E-state index in [1.807, 2.05) is 30.3 Å². The molecule has 49 heavy (non-hydrogen) atoms. The fourth-order valence-electron chi connectivity index (χ4n) is 4.44. The number of benzene rings is 4. The van der Waals surface area contributed by atoms with Crippen molar-refractivity contribution in [3.05, 3.63) is 103 Å². The van der Waals surface area contributed by atoms with Gasteiger partial charge in [0.05, 0.1) is 14.2 Å². The molecule has 0 aliphatic carbocycles. The summed E-state index contributed by atoms with van der Waals surface area (Å²) >= 11 is -0.242. The molecule has 4 aromatic rings. The molecule has 0 spiro atoms. The first-order valence-electron chi connectivity index (χ1n) is 13.4. The predicted octanol–water partition coefficient (Wildman–Crippen LogP) is 4.44. The summed E-state index contributed by atoms with van der Waals surface area (Å²) in [4.78, 5) is 0. The summed E-state index contributed by atoms with van der Waals surface area (Å²) < 4.78 is 161. The average Bonchev–Trinajstić information content (AvgIpc) is 3.05. The molecule has 0 radical (unpaired) electrons. The third-order valence-corrected chi connectivity index (χ3v) is 10.5. The number of hydrogen-bond donors (Lipinski definition) is 0. The minimum absolute atomic E-state index is 0.242.